The Morgan fingerprint density at radius 1 is 1.86 bits per heavy atom. The van der Waals surface area contributed by atoms with E-state index in [1.807, 2.05) is 0 Å². The monoisotopic (exact) mass is 117 g/mol. The standard InChI is InChI=1S/C3H4N2OS/c6-2-1-7-3(4-2)5-7/h3,5H,1H2/p+1. The average molecular weight is 117 g/mol. The second-order valence-corrected chi connectivity index (χ2v) is 3.49. The summed E-state index contributed by atoms with van der Waals surface area (Å²) in [6.07, 6.45) is 0. The van der Waals surface area contributed by atoms with Crippen LogP contribution in [0.5, 0.6) is 0 Å². The summed E-state index contributed by atoms with van der Waals surface area (Å²) in [5.41, 5.74) is 0.368. The van der Waals surface area contributed by atoms with Crippen LogP contribution in [-0.2, 0) is 15.9 Å². The number of amides is 1. The number of nitrogens with one attached hydrogen (secondary N) is 2. The van der Waals surface area contributed by atoms with Gasteiger partial charge >= 0.3 is 5.50 Å². The van der Waals surface area contributed by atoms with Crippen LogP contribution in [0.1, 0.15) is 0 Å². The third kappa shape index (κ3) is 0.435. The minimum atomic E-state index is 0.201. The molecule has 0 aromatic heterocycles. The molecule has 0 bridgehead atoms. The first-order valence-corrected chi connectivity index (χ1v) is 3.57. The number of carbonyl (C=O) groups is 1. The van der Waals surface area contributed by atoms with Crippen LogP contribution in [0.2, 0.25) is 0 Å². The van der Waals surface area contributed by atoms with Crippen molar-refractivity contribution < 1.29 is 4.79 Å². The summed E-state index contributed by atoms with van der Waals surface area (Å²) in [6, 6.07) is 0. The third-order valence-corrected chi connectivity index (χ3v) is 2.73. The number of hydrogen-bond acceptors (Lipinski definition) is 2. The molecule has 0 spiro atoms. The molecular weight excluding hydrogens is 112 g/mol. The van der Waals surface area contributed by atoms with E-state index in [4.69, 9.17) is 0 Å². The molecule has 2 rings (SSSR count). The molecule has 0 saturated carbocycles. The molecule has 2 aliphatic rings. The Morgan fingerprint density at radius 3 is 3.00 bits per heavy atom. The van der Waals surface area contributed by atoms with Crippen molar-refractivity contribution >= 4 is 17.0 Å². The fraction of sp³-hybridized carbons (Fsp3) is 0.667. The van der Waals surface area contributed by atoms with Crippen molar-refractivity contribution in [2.45, 2.75) is 5.50 Å². The van der Waals surface area contributed by atoms with Crippen molar-refractivity contribution in [3.05, 3.63) is 0 Å². The van der Waals surface area contributed by atoms with Gasteiger partial charge in [0, 0.05) is 0 Å². The van der Waals surface area contributed by atoms with Gasteiger partial charge in [0.1, 0.15) is 11.1 Å². The lowest BCUT2D eigenvalue weighted by molar-refractivity contribution is -0.118. The smallest absolute Gasteiger partial charge is 0.289 e. The molecule has 2 aliphatic heterocycles. The molecule has 2 unspecified atom stereocenters. The molecule has 3 nitrogen and oxygen atoms in total. The zero-order valence-electron chi connectivity index (χ0n) is 3.60. The first-order chi connectivity index (χ1) is 3.36. The van der Waals surface area contributed by atoms with Gasteiger partial charge in [-0.1, -0.05) is 4.72 Å². The van der Waals surface area contributed by atoms with Crippen LogP contribution in [0.15, 0.2) is 0 Å². The van der Waals surface area contributed by atoms with Crippen molar-refractivity contribution in [2.75, 3.05) is 5.75 Å². The lowest BCUT2D eigenvalue weighted by Crippen LogP contribution is -2.25. The van der Waals surface area contributed by atoms with Gasteiger partial charge in [-0.25, -0.2) is 0 Å². The van der Waals surface area contributed by atoms with E-state index in [2.05, 4.69) is 10.0 Å². The average Bonchev–Trinajstić information content (AvgIpc) is 2.15. The lowest BCUT2D eigenvalue weighted by Gasteiger charge is -1.79. The minimum absolute atomic E-state index is 0.201. The highest BCUT2D eigenvalue weighted by Gasteiger charge is 2.58. The zero-order valence-corrected chi connectivity index (χ0v) is 4.42. The maximum atomic E-state index is 10.3. The van der Waals surface area contributed by atoms with Gasteiger partial charge in [-0.15, -0.1) is 0 Å². The van der Waals surface area contributed by atoms with Gasteiger partial charge in [-0.3, -0.25) is 10.1 Å². The molecule has 2 N–H and O–H groups in total. The summed E-state index contributed by atoms with van der Waals surface area (Å²) < 4.78 is 3.09. The van der Waals surface area contributed by atoms with Gasteiger partial charge in [0.15, 0.2) is 0 Å². The van der Waals surface area contributed by atoms with E-state index in [0.717, 1.165) is 0 Å². The van der Waals surface area contributed by atoms with Crippen molar-refractivity contribution in [3.63, 3.8) is 0 Å². The van der Waals surface area contributed by atoms with Gasteiger partial charge in [-0.2, -0.15) is 0 Å². The molecule has 0 aliphatic carbocycles. The van der Waals surface area contributed by atoms with Crippen LogP contribution >= 0.6 is 0 Å². The second-order valence-electron chi connectivity index (χ2n) is 1.64. The van der Waals surface area contributed by atoms with Crippen molar-refractivity contribution in [1.29, 1.82) is 0 Å². The molecule has 2 saturated heterocycles. The summed E-state index contributed by atoms with van der Waals surface area (Å²) in [4.78, 5) is 10.3. The van der Waals surface area contributed by atoms with Crippen LogP contribution in [-0.4, -0.2) is 17.2 Å². The minimum Gasteiger partial charge on any atom is -0.289 e. The summed E-state index contributed by atoms with van der Waals surface area (Å²) in [5.74, 6) is 0.914. The Morgan fingerprint density at radius 2 is 2.71 bits per heavy atom. The van der Waals surface area contributed by atoms with E-state index in [0.29, 0.717) is 11.3 Å². The lowest BCUT2D eigenvalue weighted by atomic mass is 10.7. The second kappa shape index (κ2) is 0.952. The number of hydrogen-bond donors (Lipinski definition) is 2. The molecule has 2 heterocycles. The fourth-order valence-corrected chi connectivity index (χ4v) is 2.04. The van der Waals surface area contributed by atoms with E-state index in [1.54, 1.807) is 0 Å². The van der Waals surface area contributed by atoms with Gasteiger partial charge < -0.3 is 0 Å². The summed E-state index contributed by atoms with van der Waals surface area (Å²) >= 11 is 0.253. The highest BCUT2D eigenvalue weighted by atomic mass is 32.2. The van der Waals surface area contributed by atoms with Gasteiger partial charge in [0.2, 0.25) is 5.75 Å². The zero-order chi connectivity index (χ0) is 4.85. The van der Waals surface area contributed by atoms with Crippen LogP contribution in [0, 0.1) is 0 Å². The Labute approximate surface area is 43.9 Å². The van der Waals surface area contributed by atoms with Crippen molar-refractivity contribution in [2.24, 2.45) is 0 Å². The topological polar surface area (TPSA) is 51.0 Å². The molecule has 4 heteroatoms. The van der Waals surface area contributed by atoms with E-state index < -0.39 is 0 Å². The molecule has 2 fully saturated rings. The highest BCUT2D eigenvalue weighted by Crippen LogP contribution is 2.18. The predicted molar refractivity (Wildman–Crippen MR) is 27.3 cm³/mol. The summed E-state index contributed by atoms with van der Waals surface area (Å²) in [6.45, 7) is 0. The number of fused-ring (bicyclic) bond motifs is 1. The largest absolute Gasteiger partial charge is 0.305 e. The van der Waals surface area contributed by atoms with Gasteiger partial charge in [-0.05, 0) is 0 Å². The molecule has 1 amide bonds. The Hall–Kier alpha value is -0.220. The van der Waals surface area contributed by atoms with Crippen LogP contribution in [0.25, 0.3) is 0 Å². The molecule has 0 radical (unpaired) electrons. The highest BCUT2D eigenvalue weighted by molar-refractivity contribution is 8.02. The van der Waals surface area contributed by atoms with Crippen molar-refractivity contribution in [1.82, 2.24) is 10.0 Å². The van der Waals surface area contributed by atoms with E-state index in [1.165, 1.54) is 0 Å². The first-order valence-electron chi connectivity index (χ1n) is 2.11. The van der Waals surface area contributed by atoms with E-state index in [-0.39, 0.29) is 17.0 Å². The van der Waals surface area contributed by atoms with Gasteiger partial charge in [0.25, 0.3) is 5.91 Å². The third-order valence-electron chi connectivity index (χ3n) is 1.06. The SMILES string of the molecule is O=C1C[S+]2NC2N1. The molecule has 0 aromatic rings. The summed E-state index contributed by atoms with van der Waals surface area (Å²) in [5, 5.41) is 2.75. The molecular formula is C3H5N2OS+. The normalized spacial score (nSPS) is 45.4. The first kappa shape index (κ1) is 3.74. The van der Waals surface area contributed by atoms with Crippen LogP contribution in [0.3, 0.4) is 0 Å². The predicted octanol–water partition coefficient (Wildman–Crippen LogP) is -1.46. The van der Waals surface area contributed by atoms with E-state index >= 15 is 0 Å². The fourth-order valence-electron chi connectivity index (χ4n) is 0.664. The van der Waals surface area contributed by atoms with Crippen LogP contribution < -0.4 is 10.0 Å². The number of rotatable bonds is 0. The van der Waals surface area contributed by atoms with Crippen LogP contribution in [0.4, 0.5) is 0 Å². The molecule has 2 atom stereocenters. The maximum Gasteiger partial charge on any atom is 0.305 e. The Balaban J connectivity index is 2.14. The maximum absolute atomic E-state index is 10.3. The van der Waals surface area contributed by atoms with Gasteiger partial charge in [0.05, 0.1) is 0 Å². The number of carbonyl (C=O) groups excluding carboxylic acids is 1. The molecule has 38 valence electrons. The summed E-state index contributed by atoms with van der Waals surface area (Å²) in [7, 11) is 0. The Bertz CT molecular complexity index is 114. The molecule has 7 heavy (non-hydrogen) atoms. The quantitative estimate of drug-likeness (QED) is 0.301. The van der Waals surface area contributed by atoms with E-state index in [9.17, 15) is 4.79 Å². The molecule has 0 aromatic carbocycles. The van der Waals surface area contributed by atoms with Crippen molar-refractivity contribution in [3.8, 4) is 0 Å². The Kier molecular flexibility index (Phi) is 0.509.